The molecule has 1 aromatic carbocycles. The highest BCUT2D eigenvalue weighted by Crippen LogP contribution is 2.30. The highest BCUT2D eigenvalue weighted by atomic mass is 35.7. The number of alkyl halides is 2. The van der Waals surface area contributed by atoms with Crippen molar-refractivity contribution in [1.82, 2.24) is 0 Å². The topological polar surface area (TPSA) is 34.1 Å². The maximum atomic E-state index is 13.4. The lowest BCUT2D eigenvalue weighted by molar-refractivity contribution is 0.0217. The van der Waals surface area contributed by atoms with Crippen molar-refractivity contribution in [2.45, 2.75) is 12.8 Å². The molecule has 0 N–H and O–H groups in total. The van der Waals surface area contributed by atoms with Crippen LogP contribution in [0.3, 0.4) is 0 Å². The van der Waals surface area contributed by atoms with Gasteiger partial charge in [0.2, 0.25) is 9.05 Å². The number of rotatable bonds is 3. The molecule has 6 heteroatoms. The zero-order valence-corrected chi connectivity index (χ0v) is 9.45. The van der Waals surface area contributed by atoms with Gasteiger partial charge in [-0.3, -0.25) is 0 Å². The predicted molar refractivity (Wildman–Crippen MR) is 54.7 cm³/mol. The Morgan fingerprint density at radius 1 is 1.40 bits per heavy atom. The van der Waals surface area contributed by atoms with Gasteiger partial charge in [-0.2, -0.15) is 0 Å². The van der Waals surface area contributed by atoms with Gasteiger partial charge >= 0.3 is 0 Å². The van der Waals surface area contributed by atoms with Crippen molar-refractivity contribution < 1.29 is 17.2 Å². The molecular formula is C9H9ClF2O2S. The van der Waals surface area contributed by atoms with Crippen molar-refractivity contribution in [3.05, 3.63) is 35.4 Å². The van der Waals surface area contributed by atoms with Crippen LogP contribution in [-0.2, 0) is 15.0 Å². The van der Waals surface area contributed by atoms with E-state index in [-0.39, 0.29) is 5.56 Å². The van der Waals surface area contributed by atoms with E-state index in [2.05, 4.69) is 0 Å². The molecule has 0 aliphatic rings. The van der Waals surface area contributed by atoms with Crippen LogP contribution in [0.15, 0.2) is 24.3 Å². The van der Waals surface area contributed by atoms with E-state index >= 15 is 0 Å². The Bertz CT molecular complexity index is 457. The molecule has 1 aromatic rings. The van der Waals surface area contributed by atoms with E-state index in [0.29, 0.717) is 5.56 Å². The van der Waals surface area contributed by atoms with E-state index in [1.807, 2.05) is 0 Å². The fourth-order valence-corrected chi connectivity index (χ4v) is 2.18. The van der Waals surface area contributed by atoms with Gasteiger partial charge in [0.1, 0.15) is 5.75 Å². The van der Waals surface area contributed by atoms with E-state index in [0.717, 1.165) is 0 Å². The first-order valence-corrected chi connectivity index (χ1v) is 6.56. The van der Waals surface area contributed by atoms with Gasteiger partial charge in [0.25, 0.3) is 5.92 Å². The van der Waals surface area contributed by atoms with Gasteiger partial charge in [-0.05, 0) is 6.92 Å². The molecule has 0 aromatic heterocycles. The van der Waals surface area contributed by atoms with E-state index in [4.69, 9.17) is 10.7 Å². The third kappa shape index (κ3) is 3.76. The van der Waals surface area contributed by atoms with Gasteiger partial charge in [-0.1, -0.05) is 29.8 Å². The Morgan fingerprint density at radius 2 is 2.00 bits per heavy atom. The van der Waals surface area contributed by atoms with Crippen molar-refractivity contribution in [1.29, 1.82) is 0 Å². The zero-order chi connectivity index (χ0) is 11.7. The Hall–Kier alpha value is -0.680. The monoisotopic (exact) mass is 254 g/mol. The summed E-state index contributed by atoms with van der Waals surface area (Å²) in [7, 11) is 0.579. The average molecular weight is 255 g/mol. The Kier molecular flexibility index (Phi) is 3.35. The smallest absolute Gasteiger partial charge is 0.212 e. The van der Waals surface area contributed by atoms with Gasteiger partial charge in [0.15, 0.2) is 0 Å². The molecule has 0 aliphatic carbocycles. The van der Waals surface area contributed by atoms with Crippen LogP contribution in [0.5, 0.6) is 0 Å². The average Bonchev–Trinajstić information content (AvgIpc) is 1.99. The number of halogens is 3. The van der Waals surface area contributed by atoms with Gasteiger partial charge < -0.3 is 0 Å². The molecule has 0 amide bonds. The van der Waals surface area contributed by atoms with Crippen molar-refractivity contribution in [3.8, 4) is 0 Å². The Morgan fingerprint density at radius 3 is 2.47 bits per heavy atom. The van der Waals surface area contributed by atoms with E-state index in [1.54, 1.807) is 13.0 Å². The molecule has 1 rings (SSSR count). The summed E-state index contributed by atoms with van der Waals surface area (Å²) in [5.41, 5.74) is 0.297. The minimum atomic E-state index is -4.22. The fourth-order valence-electron chi connectivity index (χ4n) is 1.17. The summed E-state index contributed by atoms with van der Waals surface area (Å²) in [6.45, 7) is 1.65. The number of hydrogen-bond acceptors (Lipinski definition) is 2. The lowest BCUT2D eigenvalue weighted by Gasteiger charge is -2.15. The molecule has 0 heterocycles. The quantitative estimate of drug-likeness (QED) is 0.777. The second-order valence-corrected chi connectivity index (χ2v) is 6.03. The standard InChI is InChI=1S/C9H9ClF2O2S/c1-7-3-2-4-8(5-7)9(11,12)6-15(10,13)14/h2-5H,6H2,1H3. The van der Waals surface area contributed by atoms with Crippen molar-refractivity contribution in [2.24, 2.45) is 0 Å². The molecule has 0 unspecified atom stereocenters. The minimum absolute atomic E-state index is 0.341. The summed E-state index contributed by atoms with van der Waals surface area (Å²) in [6.07, 6.45) is 0. The van der Waals surface area contributed by atoms with Crippen molar-refractivity contribution in [2.75, 3.05) is 5.75 Å². The molecule has 84 valence electrons. The van der Waals surface area contributed by atoms with E-state index in [9.17, 15) is 17.2 Å². The molecule has 0 radical (unpaired) electrons. The molecule has 0 saturated heterocycles. The van der Waals surface area contributed by atoms with E-state index in [1.165, 1.54) is 18.2 Å². The molecular weight excluding hydrogens is 246 g/mol. The lowest BCUT2D eigenvalue weighted by atomic mass is 10.1. The van der Waals surface area contributed by atoms with Crippen LogP contribution in [-0.4, -0.2) is 14.2 Å². The number of aryl methyl sites for hydroxylation is 1. The third-order valence-electron chi connectivity index (χ3n) is 1.79. The molecule has 0 bridgehead atoms. The summed E-state index contributed by atoms with van der Waals surface area (Å²) in [6, 6.07) is 5.51. The van der Waals surface area contributed by atoms with Gasteiger partial charge in [0.05, 0.1) is 0 Å². The van der Waals surface area contributed by atoms with Crippen LogP contribution < -0.4 is 0 Å². The molecule has 0 spiro atoms. The Labute approximate surface area is 91.3 Å². The summed E-state index contributed by atoms with van der Waals surface area (Å²) >= 11 is 0. The minimum Gasteiger partial charge on any atom is -0.212 e. The summed E-state index contributed by atoms with van der Waals surface area (Å²) in [4.78, 5) is 0. The van der Waals surface area contributed by atoms with Crippen LogP contribution >= 0.6 is 10.7 Å². The Balaban J connectivity index is 3.06. The van der Waals surface area contributed by atoms with E-state index < -0.39 is 20.7 Å². The SMILES string of the molecule is Cc1cccc(C(F)(F)CS(=O)(=O)Cl)c1. The number of benzene rings is 1. The highest BCUT2D eigenvalue weighted by molar-refractivity contribution is 8.13. The number of hydrogen-bond donors (Lipinski definition) is 0. The summed E-state index contributed by atoms with van der Waals surface area (Å²) in [5.74, 6) is -4.84. The van der Waals surface area contributed by atoms with Gasteiger partial charge in [-0.25, -0.2) is 17.2 Å². The molecule has 0 atom stereocenters. The van der Waals surface area contributed by atoms with Crippen LogP contribution in [0.4, 0.5) is 8.78 Å². The first kappa shape index (κ1) is 12.4. The fraction of sp³-hybridized carbons (Fsp3) is 0.333. The first-order valence-electron chi connectivity index (χ1n) is 4.08. The van der Waals surface area contributed by atoms with Crippen LogP contribution in [0.2, 0.25) is 0 Å². The van der Waals surface area contributed by atoms with Crippen molar-refractivity contribution in [3.63, 3.8) is 0 Å². The molecule has 2 nitrogen and oxygen atoms in total. The zero-order valence-electron chi connectivity index (χ0n) is 7.88. The van der Waals surface area contributed by atoms with Crippen molar-refractivity contribution >= 4 is 19.7 Å². The van der Waals surface area contributed by atoms with Crippen LogP contribution in [0, 0.1) is 6.92 Å². The lowest BCUT2D eigenvalue weighted by Crippen LogP contribution is -2.22. The second-order valence-electron chi connectivity index (χ2n) is 3.26. The largest absolute Gasteiger partial charge is 0.288 e. The molecule has 0 aliphatic heterocycles. The maximum Gasteiger partial charge on any atom is 0.288 e. The summed E-state index contributed by atoms with van der Waals surface area (Å²) in [5, 5.41) is 0. The highest BCUT2D eigenvalue weighted by Gasteiger charge is 2.36. The van der Waals surface area contributed by atoms with Gasteiger partial charge in [0, 0.05) is 16.2 Å². The molecule has 0 saturated carbocycles. The molecule has 15 heavy (non-hydrogen) atoms. The normalized spacial score (nSPS) is 12.8. The van der Waals surface area contributed by atoms with Gasteiger partial charge in [-0.15, -0.1) is 0 Å². The van der Waals surface area contributed by atoms with Crippen LogP contribution in [0.1, 0.15) is 11.1 Å². The first-order chi connectivity index (χ1) is 6.71. The predicted octanol–water partition coefficient (Wildman–Crippen LogP) is 2.66. The second kappa shape index (κ2) is 4.06. The summed E-state index contributed by atoms with van der Waals surface area (Å²) < 4.78 is 47.9. The maximum absolute atomic E-state index is 13.4. The molecule has 0 fully saturated rings. The third-order valence-corrected chi connectivity index (χ3v) is 2.83. The van der Waals surface area contributed by atoms with Crippen LogP contribution in [0.25, 0.3) is 0 Å².